The zero-order chi connectivity index (χ0) is 13.0. The summed E-state index contributed by atoms with van der Waals surface area (Å²) in [5.74, 6) is 2.35. The first-order valence-electron chi connectivity index (χ1n) is 6.07. The summed E-state index contributed by atoms with van der Waals surface area (Å²) >= 11 is 0. The third kappa shape index (κ3) is 2.68. The molecular weight excluding hydrogens is 228 g/mol. The second-order valence-corrected chi connectivity index (χ2v) is 4.05. The molecule has 0 amide bonds. The lowest BCUT2D eigenvalue weighted by molar-refractivity contribution is 0.317. The molecule has 0 bridgehead atoms. The Morgan fingerprint density at radius 2 is 2.00 bits per heavy atom. The highest BCUT2D eigenvalue weighted by Crippen LogP contribution is 2.20. The Balaban J connectivity index is 2.20. The van der Waals surface area contributed by atoms with Crippen molar-refractivity contribution in [3.63, 3.8) is 0 Å². The molecule has 5 nitrogen and oxygen atoms in total. The van der Waals surface area contributed by atoms with Gasteiger partial charge in [0.15, 0.2) is 11.6 Å². The smallest absolute Gasteiger partial charge is 0.164 e. The molecule has 96 valence electrons. The molecule has 0 saturated carbocycles. The number of nitrogens with two attached hydrogens (primary N) is 1. The Hall–Kier alpha value is -1.88. The van der Waals surface area contributed by atoms with E-state index in [0.717, 1.165) is 30.2 Å². The predicted octanol–water partition coefficient (Wildman–Crippen LogP) is 1.73. The van der Waals surface area contributed by atoms with E-state index in [0.29, 0.717) is 12.4 Å². The van der Waals surface area contributed by atoms with Gasteiger partial charge >= 0.3 is 0 Å². The average molecular weight is 246 g/mol. The van der Waals surface area contributed by atoms with Crippen LogP contribution >= 0.6 is 0 Å². The zero-order valence-corrected chi connectivity index (χ0v) is 10.8. The van der Waals surface area contributed by atoms with Crippen molar-refractivity contribution in [2.45, 2.75) is 19.9 Å². The first-order valence-corrected chi connectivity index (χ1v) is 6.07. The van der Waals surface area contributed by atoms with Crippen molar-refractivity contribution in [1.29, 1.82) is 0 Å². The molecule has 0 atom stereocenters. The van der Waals surface area contributed by atoms with Gasteiger partial charge in [-0.25, -0.2) is 9.67 Å². The summed E-state index contributed by atoms with van der Waals surface area (Å²) in [5, 5.41) is 4.23. The fraction of sp³-hybridized carbons (Fsp3) is 0.385. The molecular formula is C13H18N4O. The standard InChI is InChI=1S/C13H18N4O/c1-3-8-18-11-6-4-10(5-7-11)13-15-12(9-14)16-17(13)2/h4-7H,3,8-9,14H2,1-2H3. The van der Waals surface area contributed by atoms with E-state index in [1.54, 1.807) is 4.68 Å². The van der Waals surface area contributed by atoms with Crippen LogP contribution in [0.2, 0.25) is 0 Å². The first-order chi connectivity index (χ1) is 8.74. The number of nitrogens with zero attached hydrogens (tertiary/aromatic N) is 3. The van der Waals surface area contributed by atoms with Gasteiger partial charge in [0.1, 0.15) is 5.75 Å². The highest BCUT2D eigenvalue weighted by Gasteiger charge is 2.08. The van der Waals surface area contributed by atoms with E-state index in [2.05, 4.69) is 17.0 Å². The highest BCUT2D eigenvalue weighted by atomic mass is 16.5. The summed E-state index contributed by atoms with van der Waals surface area (Å²) in [6.07, 6.45) is 1.00. The second kappa shape index (κ2) is 5.64. The highest BCUT2D eigenvalue weighted by molar-refractivity contribution is 5.56. The fourth-order valence-corrected chi connectivity index (χ4v) is 1.70. The van der Waals surface area contributed by atoms with Gasteiger partial charge in [0, 0.05) is 12.6 Å². The maximum absolute atomic E-state index is 5.54. The van der Waals surface area contributed by atoms with Crippen molar-refractivity contribution in [3.8, 4) is 17.1 Å². The van der Waals surface area contributed by atoms with Crippen LogP contribution in [0.4, 0.5) is 0 Å². The summed E-state index contributed by atoms with van der Waals surface area (Å²) in [6, 6.07) is 7.86. The van der Waals surface area contributed by atoms with Gasteiger partial charge in [-0.2, -0.15) is 5.10 Å². The lowest BCUT2D eigenvalue weighted by Crippen LogP contribution is -1.99. The Kier molecular flexibility index (Phi) is 3.94. The molecule has 0 aliphatic heterocycles. The van der Waals surface area contributed by atoms with Crippen LogP contribution in [0.15, 0.2) is 24.3 Å². The van der Waals surface area contributed by atoms with Crippen molar-refractivity contribution in [2.75, 3.05) is 6.61 Å². The molecule has 2 rings (SSSR count). The first kappa shape index (κ1) is 12.6. The Bertz CT molecular complexity index is 504. The van der Waals surface area contributed by atoms with E-state index in [1.807, 2.05) is 31.3 Å². The molecule has 1 aromatic heterocycles. The van der Waals surface area contributed by atoms with Gasteiger partial charge < -0.3 is 10.5 Å². The molecule has 0 saturated heterocycles. The average Bonchev–Trinajstić information content (AvgIpc) is 2.78. The van der Waals surface area contributed by atoms with Gasteiger partial charge in [-0.05, 0) is 30.7 Å². The number of aryl methyl sites for hydroxylation is 1. The van der Waals surface area contributed by atoms with Gasteiger partial charge in [0.05, 0.1) is 13.2 Å². The third-order valence-electron chi connectivity index (χ3n) is 2.57. The van der Waals surface area contributed by atoms with E-state index in [9.17, 15) is 0 Å². The minimum Gasteiger partial charge on any atom is -0.494 e. The van der Waals surface area contributed by atoms with Crippen molar-refractivity contribution in [1.82, 2.24) is 14.8 Å². The number of hydrogen-bond donors (Lipinski definition) is 1. The van der Waals surface area contributed by atoms with E-state index >= 15 is 0 Å². The molecule has 1 aromatic carbocycles. The Labute approximate surface area is 107 Å². The molecule has 1 heterocycles. The van der Waals surface area contributed by atoms with Crippen LogP contribution in [0.1, 0.15) is 19.2 Å². The molecule has 18 heavy (non-hydrogen) atoms. The molecule has 0 fully saturated rings. The number of hydrogen-bond acceptors (Lipinski definition) is 4. The molecule has 2 N–H and O–H groups in total. The number of benzene rings is 1. The fourth-order valence-electron chi connectivity index (χ4n) is 1.70. The van der Waals surface area contributed by atoms with Crippen LogP contribution in [-0.2, 0) is 13.6 Å². The molecule has 2 aromatic rings. The van der Waals surface area contributed by atoms with Gasteiger partial charge in [-0.3, -0.25) is 0 Å². The molecule has 5 heteroatoms. The Morgan fingerprint density at radius 1 is 1.28 bits per heavy atom. The van der Waals surface area contributed by atoms with Crippen molar-refractivity contribution >= 4 is 0 Å². The van der Waals surface area contributed by atoms with Crippen molar-refractivity contribution in [2.24, 2.45) is 12.8 Å². The molecule has 0 spiro atoms. The van der Waals surface area contributed by atoms with Gasteiger partial charge in [-0.1, -0.05) is 6.92 Å². The largest absolute Gasteiger partial charge is 0.494 e. The summed E-state index contributed by atoms with van der Waals surface area (Å²) in [5.41, 5.74) is 6.54. The molecule has 0 aliphatic rings. The van der Waals surface area contributed by atoms with Gasteiger partial charge in [-0.15, -0.1) is 0 Å². The monoisotopic (exact) mass is 246 g/mol. The number of ether oxygens (including phenoxy) is 1. The Morgan fingerprint density at radius 3 is 2.56 bits per heavy atom. The topological polar surface area (TPSA) is 66.0 Å². The molecule has 0 aliphatic carbocycles. The van der Waals surface area contributed by atoms with Gasteiger partial charge in [0.25, 0.3) is 0 Å². The van der Waals surface area contributed by atoms with Crippen molar-refractivity contribution < 1.29 is 4.74 Å². The lowest BCUT2D eigenvalue weighted by Gasteiger charge is -2.05. The zero-order valence-electron chi connectivity index (χ0n) is 10.8. The van der Waals surface area contributed by atoms with Crippen LogP contribution in [0.3, 0.4) is 0 Å². The van der Waals surface area contributed by atoms with Crippen LogP contribution < -0.4 is 10.5 Å². The normalized spacial score (nSPS) is 10.6. The lowest BCUT2D eigenvalue weighted by atomic mass is 10.2. The van der Waals surface area contributed by atoms with E-state index < -0.39 is 0 Å². The van der Waals surface area contributed by atoms with E-state index in [4.69, 9.17) is 10.5 Å². The summed E-state index contributed by atoms with van der Waals surface area (Å²) in [4.78, 5) is 4.38. The SMILES string of the molecule is CCCOc1ccc(-c2nc(CN)nn2C)cc1. The molecule has 0 unspecified atom stereocenters. The maximum atomic E-state index is 5.54. The number of rotatable bonds is 5. The van der Waals surface area contributed by atoms with Gasteiger partial charge in [0.2, 0.25) is 0 Å². The molecule has 0 radical (unpaired) electrons. The minimum absolute atomic E-state index is 0.353. The van der Waals surface area contributed by atoms with E-state index in [-0.39, 0.29) is 0 Å². The van der Waals surface area contributed by atoms with Crippen LogP contribution in [0.25, 0.3) is 11.4 Å². The predicted molar refractivity (Wildman–Crippen MR) is 70.1 cm³/mol. The summed E-state index contributed by atoms with van der Waals surface area (Å²) < 4.78 is 7.28. The van der Waals surface area contributed by atoms with E-state index in [1.165, 1.54) is 0 Å². The third-order valence-corrected chi connectivity index (χ3v) is 2.57. The summed E-state index contributed by atoms with van der Waals surface area (Å²) in [7, 11) is 1.86. The number of aromatic nitrogens is 3. The second-order valence-electron chi connectivity index (χ2n) is 4.05. The quantitative estimate of drug-likeness (QED) is 0.872. The van der Waals surface area contributed by atoms with Crippen LogP contribution in [0, 0.1) is 0 Å². The van der Waals surface area contributed by atoms with Crippen molar-refractivity contribution in [3.05, 3.63) is 30.1 Å². The van der Waals surface area contributed by atoms with Crippen LogP contribution in [-0.4, -0.2) is 21.4 Å². The summed E-state index contributed by atoms with van der Waals surface area (Å²) in [6.45, 7) is 3.18. The van der Waals surface area contributed by atoms with Crippen LogP contribution in [0.5, 0.6) is 5.75 Å². The maximum Gasteiger partial charge on any atom is 0.164 e. The minimum atomic E-state index is 0.353.